The standard InChI is InChI=1S/C13H20BrNO3/c1-13(2,3)18-12(17)5-4-6-15-8-10(14)7-11(15)9-16/h7-8,16H,4-6,9H2,1-3H3. The number of ether oxygens (including phenoxy) is 1. The van der Waals surface area contributed by atoms with Gasteiger partial charge >= 0.3 is 5.97 Å². The number of aliphatic hydroxyl groups is 1. The van der Waals surface area contributed by atoms with E-state index in [-0.39, 0.29) is 12.6 Å². The fourth-order valence-corrected chi connectivity index (χ4v) is 2.15. The number of rotatable bonds is 5. The average molecular weight is 318 g/mol. The molecule has 0 spiro atoms. The Morgan fingerprint density at radius 2 is 2.17 bits per heavy atom. The highest BCUT2D eigenvalue weighted by Crippen LogP contribution is 2.16. The molecule has 0 aliphatic heterocycles. The lowest BCUT2D eigenvalue weighted by molar-refractivity contribution is -0.154. The van der Waals surface area contributed by atoms with Crippen molar-refractivity contribution >= 4 is 21.9 Å². The molecule has 1 aromatic rings. The highest BCUT2D eigenvalue weighted by molar-refractivity contribution is 9.10. The zero-order valence-corrected chi connectivity index (χ0v) is 12.7. The molecule has 0 amide bonds. The summed E-state index contributed by atoms with van der Waals surface area (Å²) in [5.74, 6) is -0.181. The number of nitrogens with zero attached hydrogens (tertiary/aromatic N) is 1. The SMILES string of the molecule is CC(C)(C)OC(=O)CCCn1cc(Br)cc1CO. The topological polar surface area (TPSA) is 51.5 Å². The van der Waals surface area contributed by atoms with Crippen LogP contribution in [0.15, 0.2) is 16.7 Å². The van der Waals surface area contributed by atoms with Gasteiger partial charge in [0.05, 0.1) is 6.61 Å². The predicted octanol–water partition coefficient (Wildman–Crippen LogP) is 2.86. The Morgan fingerprint density at radius 1 is 1.50 bits per heavy atom. The first-order valence-corrected chi connectivity index (χ1v) is 6.78. The summed E-state index contributed by atoms with van der Waals surface area (Å²) in [6.45, 7) is 6.27. The number of aliphatic hydroxyl groups excluding tert-OH is 1. The first-order chi connectivity index (χ1) is 8.31. The van der Waals surface area contributed by atoms with Crippen LogP contribution in [0.25, 0.3) is 0 Å². The van der Waals surface area contributed by atoms with E-state index in [9.17, 15) is 4.79 Å². The van der Waals surface area contributed by atoms with Crippen molar-refractivity contribution in [2.24, 2.45) is 0 Å². The number of hydrogen-bond acceptors (Lipinski definition) is 3. The lowest BCUT2D eigenvalue weighted by Crippen LogP contribution is -2.23. The smallest absolute Gasteiger partial charge is 0.306 e. The average Bonchev–Trinajstić information content (AvgIpc) is 2.56. The van der Waals surface area contributed by atoms with Crippen molar-refractivity contribution in [1.82, 2.24) is 4.57 Å². The number of carbonyl (C=O) groups excluding carboxylic acids is 1. The molecule has 0 unspecified atom stereocenters. The van der Waals surface area contributed by atoms with E-state index in [4.69, 9.17) is 9.84 Å². The zero-order valence-electron chi connectivity index (χ0n) is 11.1. The van der Waals surface area contributed by atoms with Gasteiger partial charge in [-0.3, -0.25) is 4.79 Å². The van der Waals surface area contributed by atoms with Crippen LogP contribution in [0.1, 0.15) is 39.3 Å². The van der Waals surface area contributed by atoms with Crippen molar-refractivity contribution in [3.05, 3.63) is 22.4 Å². The van der Waals surface area contributed by atoms with Gasteiger partial charge < -0.3 is 14.4 Å². The van der Waals surface area contributed by atoms with Crippen molar-refractivity contribution in [3.8, 4) is 0 Å². The molecule has 1 rings (SSSR count). The molecule has 18 heavy (non-hydrogen) atoms. The molecule has 0 fully saturated rings. The van der Waals surface area contributed by atoms with E-state index in [1.165, 1.54) is 0 Å². The molecule has 1 heterocycles. The van der Waals surface area contributed by atoms with Crippen molar-refractivity contribution in [2.45, 2.75) is 52.4 Å². The Bertz CT molecular complexity index is 407. The van der Waals surface area contributed by atoms with E-state index in [0.717, 1.165) is 10.2 Å². The monoisotopic (exact) mass is 317 g/mol. The molecule has 1 N–H and O–H groups in total. The van der Waals surface area contributed by atoms with Gasteiger partial charge in [0.2, 0.25) is 0 Å². The number of esters is 1. The molecule has 0 saturated carbocycles. The summed E-state index contributed by atoms with van der Waals surface area (Å²) in [6, 6.07) is 1.87. The van der Waals surface area contributed by atoms with Gasteiger partial charge in [-0.15, -0.1) is 0 Å². The molecule has 0 bridgehead atoms. The van der Waals surface area contributed by atoms with Crippen molar-refractivity contribution in [3.63, 3.8) is 0 Å². The van der Waals surface area contributed by atoms with Crippen LogP contribution in [0.4, 0.5) is 0 Å². The highest BCUT2D eigenvalue weighted by Gasteiger charge is 2.15. The summed E-state index contributed by atoms with van der Waals surface area (Å²) in [4.78, 5) is 11.5. The maximum Gasteiger partial charge on any atom is 0.306 e. The summed E-state index contributed by atoms with van der Waals surface area (Å²) >= 11 is 3.36. The second-order valence-electron chi connectivity index (χ2n) is 5.19. The van der Waals surface area contributed by atoms with Crippen LogP contribution in [0.3, 0.4) is 0 Å². The third kappa shape index (κ3) is 5.23. The molecule has 0 radical (unpaired) electrons. The fourth-order valence-electron chi connectivity index (χ4n) is 1.64. The Balaban J connectivity index is 2.39. The Kier molecular flexibility index (Phi) is 5.41. The predicted molar refractivity (Wildman–Crippen MR) is 73.1 cm³/mol. The molecule has 0 aliphatic rings. The van der Waals surface area contributed by atoms with E-state index in [2.05, 4.69) is 15.9 Å². The van der Waals surface area contributed by atoms with E-state index < -0.39 is 5.60 Å². The van der Waals surface area contributed by atoms with Crippen molar-refractivity contribution in [2.75, 3.05) is 0 Å². The second-order valence-corrected chi connectivity index (χ2v) is 6.11. The number of hydrogen-bond donors (Lipinski definition) is 1. The van der Waals surface area contributed by atoms with Crippen LogP contribution in [0, 0.1) is 0 Å². The molecule has 102 valence electrons. The maximum atomic E-state index is 11.5. The number of aryl methyl sites for hydroxylation is 1. The first kappa shape index (κ1) is 15.2. The quantitative estimate of drug-likeness (QED) is 0.849. The number of aromatic nitrogens is 1. The van der Waals surface area contributed by atoms with Crippen LogP contribution in [-0.2, 0) is 22.7 Å². The van der Waals surface area contributed by atoms with E-state index in [0.29, 0.717) is 19.4 Å². The molecule has 0 aromatic carbocycles. The molecule has 5 heteroatoms. The van der Waals surface area contributed by atoms with Crippen molar-refractivity contribution < 1.29 is 14.6 Å². The molecule has 0 aliphatic carbocycles. The van der Waals surface area contributed by atoms with Crippen molar-refractivity contribution in [1.29, 1.82) is 0 Å². The molecule has 1 aromatic heterocycles. The normalized spacial score (nSPS) is 11.6. The van der Waals surface area contributed by atoms with Crippen LogP contribution in [-0.4, -0.2) is 21.2 Å². The Hall–Kier alpha value is -0.810. The third-order valence-electron chi connectivity index (χ3n) is 2.31. The van der Waals surface area contributed by atoms with E-state index in [1.807, 2.05) is 37.6 Å². The minimum Gasteiger partial charge on any atom is -0.460 e. The minimum absolute atomic E-state index is 0.00195. The summed E-state index contributed by atoms with van der Waals surface area (Å²) in [7, 11) is 0. The summed E-state index contributed by atoms with van der Waals surface area (Å²) in [5.41, 5.74) is 0.412. The van der Waals surface area contributed by atoms with Crippen LogP contribution >= 0.6 is 15.9 Å². The largest absolute Gasteiger partial charge is 0.460 e. The summed E-state index contributed by atoms with van der Waals surface area (Å²) in [5, 5.41) is 9.16. The molecule has 0 atom stereocenters. The Labute approximate surface area is 116 Å². The molecule has 0 saturated heterocycles. The number of carbonyl (C=O) groups is 1. The maximum absolute atomic E-state index is 11.5. The van der Waals surface area contributed by atoms with Gasteiger partial charge in [-0.1, -0.05) is 0 Å². The molecular formula is C13H20BrNO3. The van der Waals surface area contributed by atoms with Gasteiger partial charge in [0, 0.05) is 29.3 Å². The first-order valence-electron chi connectivity index (χ1n) is 5.99. The zero-order chi connectivity index (χ0) is 13.8. The van der Waals surface area contributed by atoms with Gasteiger partial charge in [-0.25, -0.2) is 0 Å². The fraction of sp³-hybridized carbons (Fsp3) is 0.615. The Morgan fingerprint density at radius 3 is 2.72 bits per heavy atom. The van der Waals surface area contributed by atoms with E-state index in [1.54, 1.807) is 0 Å². The summed E-state index contributed by atoms with van der Waals surface area (Å²) in [6.07, 6.45) is 2.99. The van der Waals surface area contributed by atoms with Gasteiger partial charge in [-0.2, -0.15) is 0 Å². The number of halogens is 1. The highest BCUT2D eigenvalue weighted by atomic mass is 79.9. The van der Waals surface area contributed by atoms with Crippen LogP contribution in [0.2, 0.25) is 0 Å². The lowest BCUT2D eigenvalue weighted by Gasteiger charge is -2.19. The van der Waals surface area contributed by atoms with E-state index >= 15 is 0 Å². The van der Waals surface area contributed by atoms with Crippen LogP contribution in [0.5, 0.6) is 0 Å². The minimum atomic E-state index is -0.427. The second kappa shape index (κ2) is 6.38. The van der Waals surface area contributed by atoms with Crippen LogP contribution < -0.4 is 0 Å². The lowest BCUT2D eigenvalue weighted by atomic mass is 10.2. The third-order valence-corrected chi connectivity index (χ3v) is 2.75. The van der Waals surface area contributed by atoms with Gasteiger partial charge in [-0.05, 0) is 49.2 Å². The van der Waals surface area contributed by atoms with Gasteiger partial charge in [0.1, 0.15) is 5.60 Å². The molecule has 4 nitrogen and oxygen atoms in total. The molecular weight excluding hydrogens is 298 g/mol. The van der Waals surface area contributed by atoms with Gasteiger partial charge in [0.15, 0.2) is 0 Å². The van der Waals surface area contributed by atoms with Gasteiger partial charge in [0.25, 0.3) is 0 Å². The summed E-state index contributed by atoms with van der Waals surface area (Å²) < 4.78 is 8.10.